The number of carbonyl (C=O) groups excluding carboxylic acids is 1. The number of ketones is 1. The summed E-state index contributed by atoms with van der Waals surface area (Å²) >= 11 is 12.0. The molecule has 0 aliphatic carbocycles. The number of halogens is 2. The van der Waals surface area contributed by atoms with Gasteiger partial charge in [-0.05, 0) is 44.4 Å². The third-order valence-corrected chi connectivity index (χ3v) is 4.89. The van der Waals surface area contributed by atoms with Crippen molar-refractivity contribution in [3.8, 4) is 0 Å². The van der Waals surface area contributed by atoms with E-state index < -0.39 is 0 Å². The first-order valence-electron chi connectivity index (χ1n) is 7.45. The molecule has 0 aromatic heterocycles. The van der Waals surface area contributed by atoms with Crippen molar-refractivity contribution >= 4 is 29.0 Å². The molecule has 1 N–H and O–H groups in total. The van der Waals surface area contributed by atoms with Crippen LogP contribution >= 0.6 is 23.2 Å². The van der Waals surface area contributed by atoms with Crippen LogP contribution in [0, 0.1) is 0 Å². The Morgan fingerprint density at radius 2 is 2.19 bits per heavy atom. The maximum absolute atomic E-state index is 12.3. The Bertz CT molecular complexity index is 493. The van der Waals surface area contributed by atoms with Crippen molar-refractivity contribution < 1.29 is 9.90 Å². The molecule has 21 heavy (non-hydrogen) atoms. The molecule has 2 rings (SSSR count). The molecule has 0 saturated carbocycles. The Labute approximate surface area is 135 Å². The van der Waals surface area contributed by atoms with E-state index in [4.69, 9.17) is 28.3 Å². The number of likely N-dealkylation sites (tertiary alicyclic amines) is 1. The molecule has 1 saturated heterocycles. The summed E-state index contributed by atoms with van der Waals surface area (Å²) in [5.74, 6) is 0.0373. The first kappa shape index (κ1) is 16.8. The number of benzene rings is 1. The van der Waals surface area contributed by atoms with Crippen molar-refractivity contribution in [1.29, 1.82) is 0 Å². The van der Waals surface area contributed by atoms with Gasteiger partial charge in [0.2, 0.25) is 0 Å². The van der Waals surface area contributed by atoms with Crippen LogP contribution in [0.4, 0.5) is 0 Å². The van der Waals surface area contributed by atoms with E-state index in [-0.39, 0.29) is 12.4 Å². The highest BCUT2D eigenvalue weighted by Crippen LogP contribution is 2.27. The Morgan fingerprint density at radius 1 is 1.38 bits per heavy atom. The van der Waals surface area contributed by atoms with Gasteiger partial charge >= 0.3 is 0 Å². The van der Waals surface area contributed by atoms with Crippen molar-refractivity contribution in [3.05, 3.63) is 33.8 Å². The molecule has 116 valence electrons. The van der Waals surface area contributed by atoms with Crippen molar-refractivity contribution in [3.63, 3.8) is 0 Å². The van der Waals surface area contributed by atoms with Gasteiger partial charge in [0, 0.05) is 31.2 Å². The third kappa shape index (κ3) is 4.43. The van der Waals surface area contributed by atoms with Crippen molar-refractivity contribution in [2.24, 2.45) is 0 Å². The summed E-state index contributed by atoms with van der Waals surface area (Å²) in [6.45, 7) is 2.02. The summed E-state index contributed by atoms with van der Waals surface area (Å²) in [5.41, 5.74) is 0.510. The molecule has 0 radical (unpaired) electrons. The summed E-state index contributed by atoms with van der Waals surface area (Å²) in [6.07, 6.45) is 4.61. The number of carbonyl (C=O) groups is 1. The van der Waals surface area contributed by atoms with Gasteiger partial charge in [-0.3, -0.25) is 9.69 Å². The van der Waals surface area contributed by atoms with Crippen LogP contribution in [-0.2, 0) is 0 Å². The number of hydrogen-bond donors (Lipinski definition) is 1. The van der Waals surface area contributed by atoms with Gasteiger partial charge in [0.25, 0.3) is 0 Å². The maximum atomic E-state index is 12.3. The Hall–Kier alpha value is -0.610. The zero-order valence-corrected chi connectivity index (χ0v) is 13.5. The lowest BCUT2D eigenvalue weighted by molar-refractivity contribution is 0.0959. The van der Waals surface area contributed by atoms with Gasteiger partial charge in [-0.2, -0.15) is 0 Å². The summed E-state index contributed by atoms with van der Waals surface area (Å²) in [4.78, 5) is 14.6. The average Bonchev–Trinajstić information content (AvgIpc) is 2.93. The van der Waals surface area contributed by atoms with Gasteiger partial charge in [0.1, 0.15) is 0 Å². The van der Waals surface area contributed by atoms with Crippen LogP contribution in [0.15, 0.2) is 18.2 Å². The van der Waals surface area contributed by atoms with Gasteiger partial charge in [-0.1, -0.05) is 29.3 Å². The monoisotopic (exact) mass is 329 g/mol. The summed E-state index contributed by atoms with van der Waals surface area (Å²) in [5, 5.41) is 9.71. The molecule has 1 heterocycles. The van der Waals surface area contributed by atoms with Gasteiger partial charge < -0.3 is 5.11 Å². The highest BCUT2D eigenvalue weighted by Gasteiger charge is 2.24. The van der Waals surface area contributed by atoms with Crippen LogP contribution in [-0.4, -0.2) is 41.5 Å². The number of Topliss-reactive ketones (excluding diaryl/α,β-unsaturated/α-hetero) is 1. The largest absolute Gasteiger partial charge is 0.396 e. The van der Waals surface area contributed by atoms with Crippen molar-refractivity contribution in [2.45, 2.75) is 38.1 Å². The number of aliphatic hydroxyl groups is 1. The highest BCUT2D eigenvalue weighted by molar-refractivity contribution is 6.43. The van der Waals surface area contributed by atoms with Crippen LogP contribution in [0.2, 0.25) is 10.0 Å². The lowest BCUT2D eigenvalue weighted by atomic mass is 10.1. The van der Waals surface area contributed by atoms with E-state index in [1.54, 1.807) is 18.2 Å². The molecule has 1 aliphatic rings. The topological polar surface area (TPSA) is 40.5 Å². The van der Waals surface area contributed by atoms with E-state index in [1.165, 1.54) is 6.42 Å². The van der Waals surface area contributed by atoms with Gasteiger partial charge in [0.15, 0.2) is 5.78 Å². The molecule has 1 unspecified atom stereocenters. The van der Waals surface area contributed by atoms with Crippen molar-refractivity contribution in [2.75, 3.05) is 19.7 Å². The Kier molecular flexibility index (Phi) is 6.49. The molecule has 1 aromatic rings. The highest BCUT2D eigenvalue weighted by atomic mass is 35.5. The molecule has 3 nitrogen and oxygen atoms in total. The molecular formula is C16H21Cl2NO2. The molecular weight excluding hydrogens is 309 g/mol. The second-order valence-corrected chi connectivity index (χ2v) is 6.26. The van der Waals surface area contributed by atoms with E-state index in [9.17, 15) is 4.79 Å². The molecule has 1 aliphatic heterocycles. The molecule has 0 bridgehead atoms. The number of hydrogen-bond acceptors (Lipinski definition) is 3. The lowest BCUT2D eigenvalue weighted by Crippen LogP contribution is -2.31. The molecule has 1 aromatic carbocycles. The van der Waals surface area contributed by atoms with E-state index in [1.807, 2.05) is 0 Å². The number of nitrogens with zero attached hydrogens (tertiary/aromatic N) is 1. The normalized spacial score (nSPS) is 19.1. The second-order valence-electron chi connectivity index (χ2n) is 5.47. The van der Waals surface area contributed by atoms with Crippen LogP contribution in [0.3, 0.4) is 0 Å². The first-order chi connectivity index (χ1) is 10.1. The zero-order valence-electron chi connectivity index (χ0n) is 12.0. The van der Waals surface area contributed by atoms with E-state index in [2.05, 4.69) is 4.90 Å². The lowest BCUT2D eigenvalue weighted by Gasteiger charge is -2.24. The van der Waals surface area contributed by atoms with Crippen LogP contribution < -0.4 is 0 Å². The van der Waals surface area contributed by atoms with Gasteiger partial charge in [-0.25, -0.2) is 0 Å². The maximum Gasteiger partial charge on any atom is 0.165 e. The predicted octanol–water partition coefficient (Wildman–Crippen LogP) is 3.80. The fourth-order valence-corrected chi connectivity index (χ4v) is 3.35. The standard InChI is InChI=1S/C16H21Cl2NO2/c17-14-7-1-6-13(16(14)18)15(21)8-10-19-9-2-4-12(19)5-3-11-20/h1,6-7,12,20H,2-5,8-11H2. The third-order valence-electron chi connectivity index (χ3n) is 4.07. The average molecular weight is 330 g/mol. The zero-order chi connectivity index (χ0) is 15.2. The van der Waals surface area contributed by atoms with E-state index in [0.717, 1.165) is 32.4 Å². The van der Waals surface area contributed by atoms with E-state index in [0.29, 0.717) is 28.1 Å². The summed E-state index contributed by atoms with van der Waals surface area (Å²) < 4.78 is 0. The van der Waals surface area contributed by atoms with Crippen LogP contribution in [0.5, 0.6) is 0 Å². The molecule has 5 heteroatoms. The second kappa shape index (κ2) is 8.14. The smallest absolute Gasteiger partial charge is 0.165 e. The minimum Gasteiger partial charge on any atom is -0.396 e. The SMILES string of the molecule is O=C(CCN1CCCC1CCCO)c1cccc(Cl)c1Cl. The molecule has 1 atom stereocenters. The number of rotatable bonds is 7. The minimum atomic E-state index is 0.0373. The minimum absolute atomic E-state index is 0.0373. The van der Waals surface area contributed by atoms with Crippen LogP contribution in [0.25, 0.3) is 0 Å². The van der Waals surface area contributed by atoms with E-state index >= 15 is 0 Å². The Morgan fingerprint density at radius 3 is 2.95 bits per heavy atom. The quantitative estimate of drug-likeness (QED) is 0.773. The first-order valence-corrected chi connectivity index (χ1v) is 8.21. The van der Waals surface area contributed by atoms with Crippen molar-refractivity contribution in [1.82, 2.24) is 4.90 Å². The van der Waals surface area contributed by atoms with Gasteiger partial charge in [0.05, 0.1) is 10.0 Å². The Balaban J connectivity index is 1.90. The number of aliphatic hydroxyl groups excluding tert-OH is 1. The molecule has 1 fully saturated rings. The van der Waals surface area contributed by atoms with Gasteiger partial charge in [-0.15, -0.1) is 0 Å². The summed E-state index contributed by atoms with van der Waals surface area (Å²) in [7, 11) is 0. The van der Waals surface area contributed by atoms with Crippen LogP contribution in [0.1, 0.15) is 42.5 Å². The fraction of sp³-hybridized carbons (Fsp3) is 0.562. The molecule has 0 amide bonds. The molecule has 0 spiro atoms. The fourth-order valence-electron chi connectivity index (χ4n) is 2.94. The predicted molar refractivity (Wildman–Crippen MR) is 86.3 cm³/mol. The summed E-state index contributed by atoms with van der Waals surface area (Å²) in [6, 6.07) is 5.66.